The van der Waals surface area contributed by atoms with Gasteiger partial charge in [-0.1, -0.05) is 40.5 Å². The molecule has 0 radical (unpaired) electrons. The van der Waals surface area contributed by atoms with Crippen molar-refractivity contribution in [3.63, 3.8) is 0 Å². The Hall–Kier alpha value is -0.0400. The summed E-state index contributed by atoms with van der Waals surface area (Å²) in [7, 11) is 0. The van der Waals surface area contributed by atoms with Crippen molar-refractivity contribution < 1.29 is 0 Å². The van der Waals surface area contributed by atoms with Gasteiger partial charge in [0.2, 0.25) is 0 Å². The van der Waals surface area contributed by atoms with E-state index < -0.39 is 0 Å². The summed E-state index contributed by atoms with van der Waals surface area (Å²) in [4.78, 5) is 0. The third-order valence-electron chi connectivity index (χ3n) is 5.04. The van der Waals surface area contributed by atoms with Crippen LogP contribution in [0.15, 0.2) is 0 Å². The van der Waals surface area contributed by atoms with Crippen LogP contribution in [-0.4, -0.2) is 12.6 Å². The quantitative estimate of drug-likeness (QED) is 0.696. The van der Waals surface area contributed by atoms with Crippen molar-refractivity contribution in [3.05, 3.63) is 0 Å². The molecule has 0 aromatic rings. The molecule has 0 saturated heterocycles. The molecule has 1 heteroatoms. The van der Waals surface area contributed by atoms with Gasteiger partial charge in [0, 0.05) is 6.04 Å². The van der Waals surface area contributed by atoms with E-state index in [0.717, 1.165) is 23.8 Å². The molecule has 2 aliphatic carbocycles. The Bertz CT molecular complexity index is 243. The van der Waals surface area contributed by atoms with Crippen LogP contribution in [0, 0.1) is 23.2 Å². The highest BCUT2D eigenvalue weighted by molar-refractivity contribution is 5.06. The second-order valence-corrected chi connectivity index (χ2v) is 7.85. The molecule has 0 aromatic heterocycles. The Labute approximate surface area is 114 Å². The van der Waals surface area contributed by atoms with Crippen LogP contribution in [-0.2, 0) is 0 Å². The second-order valence-electron chi connectivity index (χ2n) is 7.85. The molecule has 2 saturated carbocycles. The summed E-state index contributed by atoms with van der Waals surface area (Å²) in [6.45, 7) is 10.6. The molecule has 2 aliphatic rings. The molecule has 2 rings (SSSR count). The highest BCUT2D eigenvalue weighted by Crippen LogP contribution is 2.59. The number of nitrogens with one attached hydrogen (secondary N) is 1. The van der Waals surface area contributed by atoms with E-state index in [4.69, 9.17) is 0 Å². The predicted molar refractivity (Wildman–Crippen MR) is 79.7 cm³/mol. The Morgan fingerprint density at radius 3 is 2.39 bits per heavy atom. The zero-order valence-electron chi connectivity index (χ0n) is 13.0. The van der Waals surface area contributed by atoms with Gasteiger partial charge in [-0.2, -0.15) is 0 Å². The molecule has 0 aromatic carbocycles. The van der Waals surface area contributed by atoms with Gasteiger partial charge in [0.25, 0.3) is 0 Å². The van der Waals surface area contributed by atoms with Crippen molar-refractivity contribution in [2.75, 3.05) is 6.54 Å². The maximum Gasteiger partial charge on any atom is 0.0101 e. The Morgan fingerprint density at radius 2 is 1.83 bits per heavy atom. The molecule has 0 aliphatic heterocycles. The fourth-order valence-corrected chi connectivity index (χ4v) is 4.09. The van der Waals surface area contributed by atoms with Gasteiger partial charge in [0.1, 0.15) is 0 Å². The van der Waals surface area contributed by atoms with Crippen LogP contribution in [0.5, 0.6) is 0 Å². The fourth-order valence-electron chi connectivity index (χ4n) is 4.09. The van der Waals surface area contributed by atoms with Crippen LogP contribution in [0.25, 0.3) is 0 Å². The van der Waals surface area contributed by atoms with Gasteiger partial charge in [0.15, 0.2) is 0 Å². The van der Waals surface area contributed by atoms with Crippen molar-refractivity contribution in [1.29, 1.82) is 0 Å². The molecule has 2 fully saturated rings. The minimum Gasteiger partial charge on any atom is -0.314 e. The van der Waals surface area contributed by atoms with Gasteiger partial charge in [-0.15, -0.1) is 0 Å². The van der Waals surface area contributed by atoms with Crippen molar-refractivity contribution >= 4 is 0 Å². The fraction of sp³-hybridized carbons (Fsp3) is 1.00. The SMILES string of the molecule is CCCNC(CCCC(C)(C)C)C1C2CCCC21. The van der Waals surface area contributed by atoms with Crippen molar-refractivity contribution in [3.8, 4) is 0 Å². The van der Waals surface area contributed by atoms with Crippen LogP contribution in [0.1, 0.15) is 72.6 Å². The van der Waals surface area contributed by atoms with Gasteiger partial charge in [0.05, 0.1) is 0 Å². The molecule has 18 heavy (non-hydrogen) atoms. The third-order valence-corrected chi connectivity index (χ3v) is 5.04. The molecule has 1 N–H and O–H groups in total. The lowest BCUT2D eigenvalue weighted by molar-refractivity contribution is 0.320. The third kappa shape index (κ3) is 3.73. The van der Waals surface area contributed by atoms with Crippen LogP contribution in [0.2, 0.25) is 0 Å². The van der Waals surface area contributed by atoms with E-state index in [1.807, 2.05) is 0 Å². The van der Waals surface area contributed by atoms with E-state index in [0.29, 0.717) is 5.41 Å². The summed E-state index contributed by atoms with van der Waals surface area (Å²) in [5.41, 5.74) is 0.509. The predicted octanol–water partition coefficient (Wildman–Crippen LogP) is 4.62. The smallest absolute Gasteiger partial charge is 0.0101 e. The Morgan fingerprint density at radius 1 is 1.17 bits per heavy atom. The molecule has 0 amide bonds. The first-order chi connectivity index (χ1) is 8.53. The molecule has 3 atom stereocenters. The summed E-state index contributed by atoms with van der Waals surface area (Å²) in [5.74, 6) is 3.26. The molecular weight excluding hydrogens is 218 g/mol. The zero-order chi connectivity index (χ0) is 13.2. The van der Waals surface area contributed by atoms with Crippen LogP contribution in [0.3, 0.4) is 0 Å². The van der Waals surface area contributed by atoms with E-state index in [1.54, 1.807) is 0 Å². The molecule has 3 unspecified atom stereocenters. The summed E-state index contributed by atoms with van der Waals surface area (Å²) in [6, 6.07) is 0.836. The molecule has 0 bridgehead atoms. The molecule has 106 valence electrons. The normalized spacial score (nSPS) is 32.3. The van der Waals surface area contributed by atoms with Crippen molar-refractivity contribution in [2.24, 2.45) is 23.2 Å². The zero-order valence-corrected chi connectivity index (χ0v) is 13.0. The minimum absolute atomic E-state index is 0.509. The van der Waals surface area contributed by atoms with Crippen LogP contribution in [0.4, 0.5) is 0 Å². The van der Waals surface area contributed by atoms with Gasteiger partial charge < -0.3 is 5.32 Å². The van der Waals surface area contributed by atoms with Gasteiger partial charge in [-0.25, -0.2) is 0 Å². The molecule has 0 heterocycles. The summed E-state index contributed by atoms with van der Waals surface area (Å²) < 4.78 is 0. The lowest BCUT2D eigenvalue weighted by Crippen LogP contribution is -2.33. The second kappa shape index (κ2) is 5.94. The van der Waals surface area contributed by atoms with Crippen LogP contribution >= 0.6 is 0 Å². The molecule has 1 nitrogen and oxygen atoms in total. The maximum absolute atomic E-state index is 3.85. The first kappa shape index (κ1) is 14.4. The van der Waals surface area contributed by atoms with Crippen molar-refractivity contribution in [2.45, 2.75) is 78.7 Å². The van der Waals surface area contributed by atoms with Crippen LogP contribution < -0.4 is 5.32 Å². The number of hydrogen-bond donors (Lipinski definition) is 1. The highest BCUT2D eigenvalue weighted by Gasteiger charge is 2.55. The molecule has 0 spiro atoms. The van der Waals surface area contributed by atoms with E-state index in [1.165, 1.54) is 51.5 Å². The van der Waals surface area contributed by atoms with E-state index in [2.05, 4.69) is 33.0 Å². The monoisotopic (exact) mass is 251 g/mol. The van der Waals surface area contributed by atoms with Gasteiger partial charge in [-0.3, -0.25) is 0 Å². The standard InChI is InChI=1S/C17H33N/c1-5-12-18-15(10-7-11-17(2,3)4)16-13-8-6-9-14(13)16/h13-16,18H,5-12H2,1-4H3. The number of fused-ring (bicyclic) bond motifs is 1. The van der Waals surface area contributed by atoms with E-state index >= 15 is 0 Å². The topological polar surface area (TPSA) is 12.0 Å². The summed E-state index contributed by atoms with van der Waals surface area (Å²) >= 11 is 0. The first-order valence-corrected chi connectivity index (χ1v) is 8.26. The van der Waals surface area contributed by atoms with Gasteiger partial charge >= 0.3 is 0 Å². The first-order valence-electron chi connectivity index (χ1n) is 8.26. The Balaban J connectivity index is 1.75. The average Bonchev–Trinajstić information content (AvgIpc) is 2.76. The lowest BCUT2D eigenvalue weighted by atomic mass is 9.88. The molecular formula is C17H33N. The van der Waals surface area contributed by atoms with Gasteiger partial charge in [-0.05, 0) is 61.8 Å². The number of rotatable bonds is 7. The van der Waals surface area contributed by atoms with Crippen molar-refractivity contribution in [1.82, 2.24) is 5.32 Å². The number of hydrogen-bond acceptors (Lipinski definition) is 1. The minimum atomic E-state index is 0.509. The van der Waals surface area contributed by atoms with E-state index in [-0.39, 0.29) is 0 Å². The lowest BCUT2D eigenvalue weighted by Gasteiger charge is -2.23. The summed E-state index contributed by atoms with van der Waals surface area (Å²) in [6.07, 6.45) is 10.0. The van der Waals surface area contributed by atoms with E-state index in [9.17, 15) is 0 Å². The maximum atomic E-state index is 3.85. The average molecular weight is 251 g/mol. The Kier molecular flexibility index (Phi) is 4.75. The summed E-state index contributed by atoms with van der Waals surface area (Å²) in [5, 5.41) is 3.85. The largest absolute Gasteiger partial charge is 0.314 e. The highest BCUT2D eigenvalue weighted by atomic mass is 14.9.